The predicted molar refractivity (Wildman–Crippen MR) is 151 cm³/mol. The molecule has 0 amide bonds. The molecule has 0 atom stereocenters. The Bertz CT molecular complexity index is 1600. The molecule has 1 aromatic carbocycles. The Labute approximate surface area is 226 Å². The quantitative estimate of drug-likeness (QED) is 0.287. The lowest BCUT2D eigenvalue weighted by Gasteiger charge is -2.32. The van der Waals surface area contributed by atoms with Crippen LogP contribution in [0.25, 0.3) is 22.4 Å². The number of likely N-dealkylation sites (tertiary alicyclic amines) is 1. The number of piperidine rings is 1. The number of nitrogens with one attached hydrogen (secondary N) is 3. The largest absolute Gasteiger partial charge is 0.382 e. The van der Waals surface area contributed by atoms with Gasteiger partial charge in [0.05, 0.1) is 40.2 Å². The van der Waals surface area contributed by atoms with Gasteiger partial charge >= 0.3 is 0 Å². The molecule has 0 aliphatic carbocycles. The average molecular weight is 558 g/mol. The van der Waals surface area contributed by atoms with Crippen LogP contribution >= 0.6 is 11.6 Å². The van der Waals surface area contributed by atoms with E-state index >= 15 is 0 Å². The van der Waals surface area contributed by atoms with E-state index in [0.29, 0.717) is 47.7 Å². The molecule has 3 N–H and O–H groups in total. The molecule has 0 radical (unpaired) electrons. The van der Waals surface area contributed by atoms with Crippen LogP contribution < -0.4 is 10.9 Å². The molecule has 1 fully saturated rings. The molecular weight excluding hydrogens is 526 g/mol. The summed E-state index contributed by atoms with van der Waals surface area (Å²) < 4.78 is 24.8. The summed E-state index contributed by atoms with van der Waals surface area (Å²) in [5.74, 6) is 1.11. The standard InChI is InChI=1S/C26H32ClN7O3S/c1-17-13-19(18-4-8-33(9-5-18)11-12-38(2,36)37)14-22-24(17)32-25(31-22)23-21(3-6-29-26(23)35)28-7-10-34-16-20(27)15-30-34/h3,6,13-16,18H,4-5,7-12H2,1-2H3,(H,31,32)(H2,28,29,35). The number of aromatic amines is 2. The van der Waals surface area contributed by atoms with Crippen molar-refractivity contribution < 1.29 is 8.42 Å². The van der Waals surface area contributed by atoms with Crippen LogP contribution in [0, 0.1) is 6.92 Å². The fraction of sp³-hybridized carbons (Fsp3) is 0.423. The molecular formula is C26H32ClN7O3S. The zero-order valence-corrected chi connectivity index (χ0v) is 23.1. The van der Waals surface area contributed by atoms with E-state index in [2.05, 4.69) is 37.4 Å². The number of imidazole rings is 1. The van der Waals surface area contributed by atoms with Crippen molar-refractivity contribution in [1.29, 1.82) is 0 Å². The third kappa shape index (κ3) is 6.11. The molecule has 5 rings (SSSR count). The monoisotopic (exact) mass is 557 g/mol. The third-order valence-corrected chi connectivity index (χ3v) is 8.21. The normalized spacial score (nSPS) is 15.3. The van der Waals surface area contributed by atoms with Crippen molar-refractivity contribution >= 4 is 38.2 Å². The van der Waals surface area contributed by atoms with Crippen molar-refractivity contribution in [3.05, 3.63) is 63.3 Å². The Balaban J connectivity index is 1.34. The third-order valence-electron chi connectivity index (χ3n) is 7.09. The molecule has 0 spiro atoms. The minimum absolute atomic E-state index is 0.201. The molecule has 0 saturated carbocycles. The number of aryl methyl sites for hydroxylation is 1. The molecule has 12 heteroatoms. The van der Waals surface area contributed by atoms with E-state index in [0.717, 1.165) is 42.5 Å². The first-order valence-electron chi connectivity index (χ1n) is 12.7. The Morgan fingerprint density at radius 3 is 2.71 bits per heavy atom. The molecule has 0 unspecified atom stereocenters. The maximum Gasteiger partial charge on any atom is 0.261 e. The first-order chi connectivity index (χ1) is 18.2. The second-order valence-electron chi connectivity index (χ2n) is 10.0. The van der Waals surface area contributed by atoms with Crippen molar-refractivity contribution in [1.82, 2.24) is 29.6 Å². The molecule has 0 bridgehead atoms. The number of benzene rings is 1. The highest BCUT2D eigenvalue weighted by Gasteiger charge is 2.23. The molecule has 1 aliphatic heterocycles. The van der Waals surface area contributed by atoms with Gasteiger partial charge in [0.25, 0.3) is 5.56 Å². The van der Waals surface area contributed by atoms with E-state index in [1.807, 2.05) is 13.0 Å². The number of hydrogen-bond donors (Lipinski definition) is 3. The smallest absolute Gasteiger partial charge is 0.261 e. The van der Waals surface area contributed by atoms with Gasteiger partial charge in [0.1, 0.15) is 21.2 Å². The van der Waals surface area contributed by atoms with Crippen LogP contribution in [0.15, 0.2) is 41.6 Å². The summed E-state index contributed by atoms with van der Waals surface area (Å²) in [6.45, 7) is 5.54. The van der Waals surface area contributed by atoms with Crippen molar-refractivity contribution in [2.24, 2.45) is 0 Å². The van der Waals surface area contributed by atoms with Gasteiger partial charge in [-0.2, -0.15) is 5.10 Å². The molecule has 202 valence electrons. The van der Waals surface area contributed by atoms with Crippen LogP contribution in [0.2, 0.25) is 5.02 Å². The van der Waals surface area contributed by atoms with E-state index < -0.39 is 9.84 Å². The van der Waals surface area contributed by atoms with Crippen molar-refractivity contribution in [3.63, 3.8) is 0 Å². The van der Waals surface area contributed by atoms with Gasteiger partial charge in [0.15, 0.2) is 0 Å². The van der Waals surface area contributed by atoms with Gasteiger partial charge in [-0.15, -0.1) is 0 Å². The summed E-state index contributed by atoms with van der Waals surface area (Å²) in [7, 11) is -2.95. The van der Waals surface area contributed by atoms with E-state index in [4.69, 9.17) is 16.6 Å². The maximum absolute atomic E-state index is 12.9. The van der Waals surface area contributed by atoms with Crippen LogP contribution in [0.1, 0.15) is 29.9 Å². The molecule has 4 aromatic rings. The second-order valence-corrected chi connectivity index (χ2v) is 12.7. The predicted octanol–water partition coefficient (Wildman–Crippen LogP) is 3.41. The zero-order valence-electron chi connectivity index (χ0n) is 21.5. The topological polar surface area (TPSA) is 129 Å². The summed E-state index contributed by atoms with van der Waals surface area (Å²) >= 11 is 5.94. The van der Waals surface area contributed by atoms with Crippen LogP contribution in [0.5, 0.6) is 0 Å². The highest BCUT2D eigenvalue weighted by Crippen LogP contribution is 2.33. The van der Waals surface area contributed by atoms with E-state index in [1.165, 1.54) is 11.8 Å². The average Bonchev–Trinajstić information content (AvgIpc) is 3.49. The summed E-state index contributed by atoms with van der Waals surface area (Å²) in [6, 6.07) is 6.16. The van der Waals surface area contributed by atoms with Crippen LogP contribution in [-0.4, -0.2) is 76.2 Å². The number of anilines is 1. The van der Waals surface area contributed by atoms with Crippen molar-refractivity contribution in [3.8, 4) is 11.4 Å². The number of halogens is 1. The first-order valence-corrected chi connectivity index (χ1v) is 15.1. The Morgan fingerprint density at radius 1 is 1.21 bits per heavy atom. The van der Waals surface area contributed by atoms with Crippen LogP contribution in [0.3, 0.4) is 0 Å². The summed E-state index contributed by atoms with van der Waals surface area (Å²) in [5.41, 5.74) is 4.95. The van der Waals surface area contributed by atoms with E-state index in [9.17, 15) is 13.2 Å². The summed E-state index contributed by atoms with van der Waals surface area (Å²) in [4.78, 5) is 26.1. The SMILES string of the molecule is Cc1cc(C2CCN(CCS(C)(=O)=O)CC2)cc2[nH]c(-c3c(NCCn4cc(Cl)cn4)cc[nH]c3=O)nc12. The minimum Gasteiger partial charge on any atom is -0.382 e. The van der Waals surface area contributed by atoms with Gasteiger partial charge < -0.3 is 20.2 Å². The Hall–Kier alpha value is -3.15. The van der Waals surface area contributed by atoms with Crippen molar-refractivity contribution in [2.75, 3.05) is 43.5 Å². The number of rotatable bonds is 9. The van der Waals surface area contributed by atoms with Gasteiger partial charge in [-0.3, -0.25) is 9.48 Å². The van der Waals surface area contributed by atoms with Crippen LogP contribution in [-0.2, 0) is 16.4 Å². The first kappa shape index (κ1) is 26.5. The molecule has 1 aliphatic rings. The number of hydrogen-bond acceptors (Lipinski definition) is 7. The zero-order chi connectivity index (χ0) is 26.9. The summed E-state index contributed by atoms with van der Waals surface area (Å²) in [5, 5.41) is 8.09. The van der Waals surface area contributed by atoms with Gasteiger partial charge in [0.2, 0.25) is 0 Å². The summed E-state index contributed by atoms with van der Waals surface area (Å²) in [6.07, 6.45) is 8.20. The van der Waals surface area contributed by atoms with Gasteiger partial charge in [-0.25, -0.2) is 13.4 Å². The fourth-order valence-corrected chi connectivity index (χ4v) is 5.83. The van der Waals surface area contributed by atoms with Gasteiger partial charge in [-0.1, -0.05) is 17.7 Å². The number of nitrogens with zero attached hydrogens (tertiary/aromatic N) is 4. The molecule has 1 saturated heterocycles. The molecule has 10 nitrogen and oxygen atoms in total. The number of pyridine rings is 1. The number of sulfone groups is 1. The Morgan fingerprint density at radius 2 is 2.00 bits per heavy atom. The van der Waals surface area contributed by atoms with E-state index in [1.54, 1.807) is 23.3 Å². The van der Waals surface area contributed by atoms with E-state index in [-0.39, 0.29) is 11.3 Å². The van der Waals surface area contributed by atoms with Crippen molar-refractivity contribution in [2.45, 2.75) is 32.2 Å². The number of fused-ring (bicyclic) bond motifs is 1. The maximum atomic E-state index is 12.9. The molecule has 3 aromatic heterocycles. The lowest BCUT2D eigenvalue weighted by Crippen LogP contribution is -2.36. The van der Waals surface area contributed by atoms with Gasteiger partial charge in [-0.05, 0) is 62.0 Å². The highest BCUT2D eigenvalue weighted by molar-refractivity contribution is 7.90. The molecule has 4 heterocycles. The minimum atomic E-state index is -2.95. The molecule has 38 heavy (non-hydrogen) atoms. The highest BCUT2D eigenvalue weighted by atomic mass is 35.5. The van der Waals surface area contributed by atoms with Gasteiger partial charge in [0, 0.05) is 31.7 Å². The second kappa shape index (κ2) is 10.9. The lowest BCUT2D eigenvalue weighted by molar-refractivity contribution is 0.223. The fourth-order valence-electron chi connectivity index (χ4n) is 5.08. The Kier molecular flexibility index (Phi) is 7.60. The number of aromatic nitrogens is 5. The lowest BCUT2D eigenvalue weighted by atomic mass is 9.88. The van der Waals surface area contributed by atoms with Crippen LogP contribution in [0.4, 0.5) is 5.69 Å². The number of H-pyrrole nitrogens is 2.